The molecule has 0 spiro atoms. The quantitative estimate of drug-likeness (QED) is 0.903. The summed E-state index contributed by atoms with van der Waals surface area (Å²) in [5.74, 6) is 1.12. The number of piperidine rings is 1. The van der Waals surface area contributed by atoms with E-state index < -0.39 is 0 Å². The maximum Gasteiger partial charge on any atom is 0.128 e. The van der Waals surface area contributed by atoms with Crippen molar-refractivity contribution in [1.29, 1.82) is 0 Å². The first-order valence-corrected chi connectivity index (χ1v) is 7.44. The Hall–Kier alpha value is -1.09. The summed E-state index contributed by atoms with van der Waals surface area (Å²) >= 11 is 0. The Morgan fingerprint density at radius 1 is 1.26 bits per heavy atom. The molecule has 0 aliphatic carbocycles. The van der Waals surface area contributed by atoms with Gasteiger partial charge in [-0.3, -0.25) is 0 Å². The number of rotatable bonds is 4. The molecule has 3 nitrogen and oxygen atoms in total. The molecule has 1 N–H and O–H groups in total. The van der Waals surface area contributed by atoms with E-state index in [1.807, 2.05) is 12.3 Å². The van der Waals surface area contributed by atoms with E-state index in [-0.39, 0.29) is 0 Å². The second kappa shape index (κ2) is 6.38. The first-order chi connectivity index (χ1) is 9.04. The zero-order valence-corrected chi connectivity index (χ0v) is 12.5. The van der Waals surface area contributed by atoms with Crippen molar-refractivity contribution in [3.05, 3.63) is 24.4 Å². The van der Waals surface area contributed by atoms with Crippen LogP contribution in [0.5, 0.6) is 0 Å². The van der Waals surface area contributed by atoms with Gasteiger partial charge in [-0.1, -0.05) is 26.8 Å². The summed E-state index contributed by atoms with van der Waals surface area (Å²) in [5.41, 5.74) is 0.432. The molecule has 0 aromatic carbocycles. The van der Waals surface area contributed by atoms with Gasteiger partial charge in [-0.2, -0.15) is 0 Å². The van der Waals surface area contributed by atoms with Crippen LogP contribution < -0.4 is 10.2 Å². The Morgan fingerprint density at radius 3 is 2.58 bits per heavy atom. The van der Waals surface area contributed by atoms with E-state index in [0.717, 1.165) is 25.5 Å². The van der Waals surface area contributed by atoms with Crippen LogP contribution >= 0.6 is 0 Å². The number of aromatic nitrogens is 1. The molecule has 1 aromatic heterocycles. The fourth-order valence-electron chi connectivity index (χ4n) is 2.50. The van der Waals surface area contributed by atoms with Crippen LogP contribution in [0, 0.1) is 5.41 Å². The molecule has 1 fully saturated rings. The highest BCUT2D eigenvalue weighted by Gasteiger charge is 2.20. The second-order valence-corrected chi connectivity index (χ2v) is 6.71. The molecule has 0 amide bonds. The lowest BCUT2D eigenvalue weighted by Gasteiger charge is -2.33. The van der Waals surface area contributed by atoms with Crippen LogP contribution in [0.25, 0.3) is 0 Å². The average molecular weight is 261 g/mol. The van der Waals surface area contributed by atoms with Gasteiger partial charge in [0.25, 0.3) is 0 Å². The van der Waals surface area contributed by atoms with E-state index in [0.29, 0.717) is 11.5 Å². The highest BCUT2D eigenvalue weighted by Crippen LogP contribution is 2.19. The minimum absolute atomic E-state index is 0.432. The molecule has 1 aliphatic rings. The van der Waals surface area contributed by atoms with E-state index in [2.05, 4.69) is 48.1 Å². The van der Waals surface area contributed by atoms with Crippen molar-refractivity contribution in [2.45, 2.75) is 46.1 Å². The van der Waals surface area contributed by atoms with Crippen LogP contribution in [0.1, 0.15) is 40.0 Å². The summed E-state index contributed by atoms with van der Waals surface area (Å²) in [5, 5.41) is 3.70. The monoisotopic (exact) mass is 261 g/mol. The Kier molecular flexibility index (Phi) is 4.81. The van der Waals surface area contributed by atoms with Gasteiger partial charge in [0.1, 0.15) is 5.82 Å². The van der Waals surface area contributed by atoms with Crippen molar-refractivity contribution in [3.8, 4) is 0 Å². The van der Waals surface area contributed by atoms with Gasteiger partial charge < -0.3 is 10.2 Å². The summed E-state index contributed by atoms with van der Waals surface area (Å²) in [6.45, 7) is 10.3. The molecule has 1 aliphatic heterocycles. The fraction of sp³-hybridized carbons (Fsp3) is 0.688. The first kappa shape index (κ1) is 14.3. The van der Waals surface area contributed by atoms with Crippen LogP contribution in [-0.2, 0) is 0 Å². The van der Waals surface area contributed by atoms with E-state index in [1.165, 1.54) is 19.3 Å². The highest BCUT2D eigenvalue weighted by atomic mass is 15.2. The third-order valence-electron chi connectivity index (χ3n) is 3.78. The Morgan fingerprint density at radius 2 is 2.00 bits per heavy atom. The molecule has 1 aromatic rings. The third-order valence-corrected chi connectivity index (χ3v) is 3.78. The lowest BCUT2D eigenvalue weighted by atomic mass is 9.92. The topological polar surface area (TPSA) is 28.2 Å². The SMILES string of the molecule is CC(C)(C)CCNC1CCN(c2ccccn2)CC1. The van der Waals surface area contributed by atoms with Crippen molar-refractivity contribution in [1.82, 2.24) is 10.3 Å². The molecule has 0 atom stereocenters. The van der Waals surface area contributed by atoms with Gasteiger partial charge in [0.2, 0.25) is 0 Å². The molecule has 0 radical (unpaired) electrons. The molecular weight excluding hydrogens is 234 g/mol. The maximum absolute atomic E-state index is 4.43. The largest absolute Gasteiger partial charge is 0.357 e. The Bertz CT molecular complexity index is 361. The predicted molar refractivity (Wildman–Crippen MR) is 81.5 cm³/mol. The summed E-state index contributed by atoms with van der Waals surface area (Å²) in [4.78, 5) is 6.82. The fourth-order valence-corrected chi connectivity index (χ4v) is 2.50. The number of hydrogen-bond donors (Lipinski definition) is 1. The molecule has 0 saturated carbocycles. The molecule has 106 valence electrons. The summed E-state index contributed by atoms with van der Waals surface area (Å²) in [6.07, 6.45) is 5.57. The van der Waals surface area contributed by atoms with Gasteiger partial charge in [-0.15, -0.1) is 0 Å². The van der Waals surface area contributed by atoms with Crippen LogP contribution in [0.3, 0.4) is 0 Å². The molecule has 19 heavy (non-hydrogen) atoms. The van der Waals surface area contributed by atoms with Crippen molar-refractivity contribution in [3.63, 3.8) is 0 Å². The summed E-state index contributed by atoms with van der Waals surface area (Å²) < 4.78 is 0. The van der Waals surface area contributed by atoms with Gasteiger partial charge >= 0.3 is 0 Å². The zero-order valence-electron chi connectivity index (χ0n) is 12.5. The summed E-state index contributed by atoms with van der Waals surface area (Å²) in [7, 11) is 0. The Labute approximate surface area is 117 Å². The lowest BCUT2D eigenvalue weighted by molar-refractivity contribution is 0.336. The molecule has 1 saturated heterocycles. The lowest BCUT2D eigenvalue weighted by Crippen LogP contribution is -2.43. The number of nitrogens with zero attached hydrogens (tertiary/aromatic N) is 2. The van der Waals surface area contributed by atoms with Crippen molar-refractivity contribution < 1.29 is 0 Å². The second-order valence-electron chi connectivity index (χ2n) is 6.71. The Balaban J connectivity index is 1.71. The van der Waals surface area contributed by atoms with E-state index in [4.69, 9.17) is 0 Å². The van der Waals surface area contributed by atoms with Crippen molar-refractivity contribution in [2.24, 2.45) is 5.41 Å². The van der Waals surface area contributed by atoms with Gasteiger partial charge in [-0.25, -0.2) is 4.98 Å². The standard InChI is InChI=1S/C16H27N3/c1-16(2,3)9-11-17-14-7-12-19(13-8-14)15-6-4-5-10-18-15/h4-6,10,14,17H,7-9,11-13H2,1-3H3. The maximum atomic E-state index is 4.43. The minimum atomic E-state index is 0.432. The number of pyridine rings is 1. The number of hydrogen-bond acceptors (Lipinski definition) is 3. The van der Waals surface area contributed by atoms with Gasteiger partial charge in [0, 0.05) is 25.3 Å². The molecular formula is C16H27N3. The van der Waals surface area contributed by atoms with Crippen LogP contribution in [-0.4, -0.2) is 30.7 Å². The third kappa shape index (κ3) is 4.83. The smallest absolute Gasteiger partial charge is 0.128 e. The minimum Gasteiger partial charge on any atom is -0.357 e. The van der Waals surface area contributed by atoms with Crippen LogP contribution in [0.4, 0.5) is 5.82 Å². The average Bonchev–Trinajstić information content (AvgIpc) is 2.39. The summed E-state index contributed by atoms with van der Waals surface area (Å²) in [6, 6.07) is 6.83. The molecule has 3 heteroatoms. The van der Waals surface area contributed by atoms with E-state index in [1.54, 1.807) is 0 Å². The first-order valence-electron chi connectivity index (χ1n) is 7.44. The van der Waals surface area contributed by atoms with Gasteiger partial charge in [0.05, 0.1) is 0 Å². The predicted octanol–water partition coefficient (Wildman–Crippen LogP) is 3.08. The number of anilines is 1. The van der Waals surface area contributed by atoms with Crippen LogP contribution in [0.2, 0.25) is 0 Å². The number of nitrogens with one attached hydrogen (secondary N) is 1. The van der Waals surface area contributed by atoms with E-state index in [9.17, 15) is 0 Å². The molecule has 2 rings (SSSR count). The van der Waals surface area contributed by atoms with Crippen molar-refractivity contribution in [2.75, 3.05) is 24.5 Å². The molecule has 0 bridgehead atoms. The molecule has 0 unspecified atom stereocenters. The highest BCUT2D eigenvalue weighted by molar-refractivity contribution is 5.38. The van der Waals surface area contributed by atoms with Gasteiger partial charge in [-0.05, 0) is 43.4 Å². The van der Waals surface area contributed by atoms with Crippen molar-refractivity contribution >= 4 is 5.82 Å². The van der Waals surface area contributed by atoms with E-state index >= 15 is 0 Å². The normalized spacial score (nSPS) is 17.7. The van der Waals surface area contributed by atoms with Crippen LogP contribution in [0.15, 0.2) is 24.4 Å². The molecule has 2 heterocycles. The van der Waals surface area contributed by atoms with Gasteiger partial charge in [0.15, 0.2) is 0 Å². The zero-order chi connectivity index (χ0) is 13.7.